The Morgan fingerprint density at radius 3 is 2.63 bits per heavy atom. The lowest BCUT2D eigenvalue weighted by Crippen LogP contribution is -2.13. The number of aromatic nitrogens is 1. The number of halogens is 1. The quantitative estimate of drug-likeness (QED) is 0.875. The first-order valence-corrected chi connectivity index (χ1v) is 7.20. The minimum absolute atomic E-state index is 0.126. The average molecular weight is 319 g/mol. The third-order valence-electron chi connectivity index (χ3n) is 2.85. The highest BCUT2D eigenvalue weighted by atomic mass is 79.9. The van der Waals surface area contributed by atoms with Crippen LogP contribution in [0.15, 0.2) is 42.6 Å². The molecule has 4 heteroatoms. The van der Waals surface area contributed by atoms with E-state index in [2.05, 4.69) is 26.2 Å². The van der Waals surface area contributed by atoms with E-state index in [1.54, 1.807) is 18.3 Å². The number of alkyl halides is 1. The zero-order chi connectivity index (χ0) is 13.7. The number of carbonyl (C=O) groups is 1. The number of carbonyl (C=O) groups excluding carboxylic acids is 1. The summed E-state index contributed by atoms with van der Waals surface area (Å²) < 4.78 is 0. The number of anilines is 1. The maximum Gasteiger partial charge on any atom is 0.257 e. The van der Waals surface area contributed by atoms with Crippen LogP contribution in [0.5, 0.6) is 0 Å². The number of rotatable bonds is 4. The monoisotopic (exact) mass is 318 g/mol. The van der Waals surface area contributed by atoms with Crippen molar-refractivity contribution in [1.82, 2.24) is 4.98 Å². The van der Waals surface area contributed by atoms with Crippen LogP contribution in [0, 0.1) is 6.92 Å². The molecule has 0 saturated carbocycles. The van der Waals surface area contributed by atoms with Gasteiger partial charge in [0.1, 0.15) is 0 Å². The van der Waals surface area contributed by atoms with Gasteiger partial charge in [-0.25, -0.2) is 0 Å². The summed E-state index contributed by atoms with van der Waals surface area (Å²) in [6.45, 7) is 1.83. The molecule has 1 heterocycles. The number of hydrogen-bond acceptors (Lipinski definition) is 2. The Morgan fingerprint density at radius 2 is 2.00 bits per heavy atom. The molecule has 0 aliphatic heterocycles. The van der Waals surface area contributed by atoms with E-state index < -0.39 is 0 Å². The summed E-state index contributed by atoms with van der Waals surface area (Å²) in [4.78, 5) is 16.2. The first-order valence-electron chi connectivity index (χ1n) is 6.08. The van der Waals surface area contributed by atoms with Crippen molar-refractivity contribution < 1.29 is 4.79 Å². The fraction of sp³-hybridized carbons (Fsp3) is 0.200. The molecule has 1 amide bonds. The number of pyridine rings is 1. The Morgan fingerprint density at radius 1 is 1.26 bits per heavy atom. The largest absolute Gasteiger partial charge is 0.322 e. The van der Waals surface area contributed by atoms with Gasteiger partial charge >= 0.3 is 0 Å². The molecule has 0 bridgehead atoms. The van der Waals surface area contributed by atoms with Gasteiger partial charge in [-0.15, -0.1) is 0 Å². The number of amides is 1. The molecule has 2 aromatic rings. The molecule has 0 unspecified atom stereocenters. The van der Waals surface area contributed by atoms with Crippen molar-refractivity contribution in [2.45, 2.75) is 13.3 Å². The van der Waals surface area contributed by atoms with E-state index >= 15 is 0 Å². The second-order valence-electron chi connectivity index (χ2n) is 4.23. The summed E-state index contributed by atoms with van der Waals surface area (Å²) in [6.07, 6.45) is 2.66. The van der Waals surface area contributed by atoms with Crippen LogP contribution >= 0.6 is 15.9 Å². The molecule has 0 radical (unpaired) electrons. The Balaban J connectivity index is 2.09. The predicted molar refractivity (Wildman–Crippen MR) is 80.9 cm³/mol. The SMILES string of the molecule is Cc1ncccc1C(=O)Nc1ccc(CCBr)cc1. The molecule has 98 valence electrons. The fourth-order valence-corrected chi connectivity index (χ4v) is 2.24. The summed E-state index contributed by atoms with van der Waals surface area (Å²) in [7, 11) is 0. The number of aryl methyl sites for hydroxylation is 2. The third-order valence-corrected chi connectivity index (χ3v) is 3.24. The molecule has 1 aromatic heterocycles. The van der Waals surface area contributed by atoms with Gasteiger partial charge in [-0.3, -0.25) is 9.78 Å². The van der Waals surface area contributed by atoms with Gasteiger partial charge < -0.3 is 5.32 Å². The highest BCUT2D eigenvalue weighted by Crippen LogP contribution is 2.13. The number of nitrogens with one attached hydrogen (secondary N) is 1. The van der Waals surface area contributed by atoms with Gasteiger partial charge in [-0.2, -0.15) is 0 Å². The van der Waals surface area contributed by atoms with Gasteiger partial charge in [0.2, 0.25) is 0 Å². The zero-order valence-electron chi connectivity index (χ0n) is 10.7. The Hall–Kier alpha value is -1.68. The molecule has 0 fully saturated rings. The van der Waals surface area contributed by atoms with E-state index in [1.165, 1.54) is 5.56 Å². The lowest BCUT2D eigenvalue weighted by atomic mass is 10.1. The van der Waals surface area contributed by atoms with Crippen molar-refractivity contribution in [3.63, 3.8) is 0 Å². The van der Waals surface area contributed by atoms with Crippen LogP contribution in [0.1, 0.15) is 21.6 Å². The maximum atomic E-state index is 12.1. The first-order chi connectivity index (χ1) is 9.20. The molecular formula is C15H15BrN2O. The molecule has 0 aliphatic rings. The minimum Gasteiger partial charge on any atom is -0.322 e. The van der Waals surface area contributed by atoms with E-state index in [0.717, 1.165) is 23.1 Å². The van der Waals surface area contributed by atoms with Gasteiger partial charge in [0.05, 0.1) is 5.56 Å². The van der Waals surface area contributed by atoms with Gasteiger partial charge in [-0.05, 0) is 43.2 Å². The topological polar surface area (TPSA) is 42.0 Å². The zero-order valence-corrected chi connectivity index (χ0v) is 12.3. The van der Waals surface area contributed by atoms with Crippen molar-refractivity contribution in [1.29, 1.82) is 0 Å². The van der Waals surface area contributed by atoms with Crippen molar-refractivity contribution in [2.75, 3.05) is 10.6 Å². The maximum absolute atomic E-state index is 12.1. The molecule has 1 N–H and O–H groups in total. The molecule has 0 aliphatic carbocycles. The van der Waals surface area contributed by atoms with Crippen LogP contribution in [0.25, 0.3) is 0 Å². The smallest absolute Gasteiger partial charge is 0.257 e. The Kier molecular flexibility index (Phi) is 4.68. The van der Waals surface area contributed by atoms with Crippen LogP contribution < -0.4 is 5.32 Å². The second kappa shape index (κ2) is 6.48. The summed E-state index contributed by atoms with van der Waals surface area (Å²) in [6, 6.07) is 11.4. The molecule has 0 saturated heterocycles. The fourth-order valence-electron chi connectivity index (χ4n) is 1.79. The van der Waals surface area contributed by atoms with Crippen LogP contribution in [-0.2, 0) is 6.42 Å². The lowest BCUT2D eigenvalue weighted by molar-refractivity contribution is 0.102. The van der Waals surface area contributed by atoms with E-state index in [-0.39, 0.29) is 5.91 Å². The third kappa shape index (κ3) is 3.64. The summed E-state index contributed by atoms with van der Waals surface area (Å²) in [5, 5.41) is 3.82. The van der Waals surface area contributed by atoms with Crippen LogP contribution in [0.4, 0.5) is 5.69 Å². The highest BCUT2D eigenvalue weighted by molar-refractivity contribution is 9.09. The van der Waals surface area contributed by atoms with Crippen molar-refractivity contribution in [2.24, 2.45) is 0 Å². The average Bonchev–Trinajstić information content (AvgIpc) is 2.42. The van der Waals surface area contributed by atoms with Gasteiger partial charge in [0.15, 0.2) is 0 Å². The summed E-state index contributed by atoms with van der Waals surface area (Å²) >= 11 is 3.41. The van der Waals surface area contributed by atoms with Gasteiger partial charge in [0, 0.05) is 22.9 Å². The van der Waals surface area contributed by atoms with Crippen molar-refractivity contribution in [3.05, 3.63) is 59.4 Å². The van der Waals surface area contributed by atoms with Crippen molar-refractivity contribution in [3.8, 4) is 0 Å². The van der Waals surface area contributed by atoms with Gasteiger partial charge in [-0.1, -0.05) is 28.1 Å². The number of benzene rings is 1. The summed E-state index contributed by atoms with van der Waals surface area (Å²) in [5.41, 5.74) is 3.38. The van der Waals surface area contributed by atoms with E-state index in [4.69, 9.17) is 0 Å². The van der Waals surface area contributed by atoms with E-state index in [1.807, 2.05) is 31.2 Å². The summed E-state index contributed by atoms with van der Waals surface area (Å²) in [5.74, 6) is -0.126. The molecule has 1 aromatic carbocycles. The molecule has 0 spiro atoms. The molecule has 2 rings (SSSR count). The second-order valence-corrected chi connectivity index (χ2v) is 5.02. The number of hydrogen-bond donors (Lipinski definition) is 1. The standard InChI is InChI=1S/C15H15BrN2O/c1-11-14(3-2-10-17-11)15(19)18-13-6-4-12(5-7-13)8-9-16/h2-7,10H,8-9H2,1H3,(H,18,19). The van der Waals surface area contributed by atoms with E-state index in [9.17, 15) is 4.79 Å². The Labute approximate surface area is 121 Å². The van der Waals surface area contributed by atoms with Crippen LogP contribution in [-0.4, -0.2) is 16.2 Å². The molecule has 0 atom stereocenters. The normalized spacial score (nSPS) is 10.2. The molecule has 19 heavy (non-hydrogen) atoms. The van der Waals surface area contributed by atoms with E-state index in [0.29, 0.717) is 5.56 Å². The number of nitrogens with zero attached hydrogens (tertiary/aromatic N) is 1. The van der Waals surface area contributed by atoms with Crippen LogP contribution in [0.2, 0.25) is 0 Å². The first kappa shape index (κ1) is 13.7. The lowest BCUT2D eigenvalue weighted by Gasteiger charge is -2.07. The van der Waals surface area contributed by atoms with Crippen molar-refractivity contribution >= 4 is 27.5 Å². The van der Waals surface area contributed by atoms with Crippen LogP contribution in [0.3, 0.4) is 0 Å². The minimum atomic E-state index is -0.126. The Bertz CT molecular complexity index is 567. The predicted octanol–water partition coefficient (Wildman–Crippen LogP) is 3.58. The van der Waals surface area contributed by atoms with Gasteiger partial charge in [0.25, 0.3) is 5.91 Å². The molecule has 3 nitrogen and oxygen atoms in total. The molecular weight excluding hydrogens is 304 g/mol. The highest BCUT2D eigenvalue weighted by Gasteiger charge is 2.09.